The van der Waals surface area contributed by atoms with Gasteiger partial charge in [-0.2, -0.15) is 0 Å². The van der Waals surface area contributed by atoms with Crippen molar-refractivity contribution in [1.82, 2.24) is 25.7 Å². The molecule has 1 aliphatic heterocycles. The molecule has 8 heteroatoms. The second kappa shape index (κ2) is 9.12. The molecule has 1 aliphatic carbocycles. The number of thiocarbonyl (C=S) groups is 1. The molecule has 1 aromatic heterocycles. The zero-order chi connectivity index (χ0) is 21.1. The molecule has 0 unspecified atom stereocenters. The van der Waals surface area contributed by atoms with E-state index in [-0.39, 0.29) is 11.5 Å². The first-order valence-corrected chi connectivity index (χ1v) is 11.3. The van der Waals surface area contributed by atoms with Gasteiger partial charge >= 0.3 is 0 Å². The highest BCUT2D eigenvalue weighted by Crippen LogP contribution is 2.23. The number of fused-ring (bicyclic) bond motifs is 2. The van der Waals surface area contributed by atoms with Crippen molar-refractivity contribution in [1.29, 1.82) is 0 Å². The second-order valence-corrected chi connectivity index (χ2v) is 8.86. The fourth-order valence-corrected chi connectivity index (χ4v) is 4.68. The highest BCUT2D eigenvalue weighted by Gasteiger charge is 2.22. The van der Waals surface area contributed by atoms with E-state index in [1.165, 1.54) is 19.3 Å². The van der Waals surface area contributed by atoms with Crippen LogP contribution in [0.4, 0.5) is 0 Å². The zero-order valence-electron chi connectivity index (χ0n) is 17.4. The number of hydrogen-bond acceptors (Lipinski definition) is 4. The highest BCUT2D eigenvalue weighted by atomic mass is 32.1. The Bertz CT molecular complexity index is 1020. The molecule has 1 fully saturated rings. The maximum atomic E-state index is 12.8. The standard InChI is InChI=1S/C22H29N5O2S/c1-14-7-4-5-8-17(14)24-22(30)26-25-20(28)15-10-11-16-18(13-15)23-19-9-3-2-6-12-27(19)21(16)29/h10-11,13-14,17H,2-9,12H2,1H3,(H,25,28)(H2,24,26,30)/t14-,17-/m1/s1. The Kier molecular flexibility index (Phi) is 6.32. The minimum absolute atomic E-state index is 0.0195. The molecule has 1 saturated carbocycles. The van der Waals surface area contributed by atoms with Crippen LogP contribution in [-0.4, -0.2) is 26.6 Å². The molecule has 2 aliphatic rings. The molecule has 3 N–H and O–H groups in total. The van der Waals surface area contributed by atoms with Crippen molar-refractivity contribution >= 4 is 34.1 Å². The fourth-order valence-electron chi connectivity index (χ4n) is 4.48. The number of carbonyl (C=O) groups is 1. The molecular weight excluding hydrogens is 398 g/mol. The van der Waals surface area contributed by atoms with Gasteiger partial charge in [0.2, 0.25) is 0 Å². The van der Waals surface area contributed by atoms with E-state index in [0.717, 1.165) is 37.9 Å². The number of aryl methyl sites for hydroxylation is 1. The van der Waals surface area contributed by atoms with Gasteiger partial charge in [-0.05, 0) is 62.0 Å². The molecule has 0 spiro atoms. The minimum Gasteiger partial charge on any atom is -0.358 e. The third-order valence-electron chi connectivity index (χ3n) is 6.30. The van der Waals surface area contributed by atoms with Crippen molar-refractivity contribution in [2.75, 3.05) is 0 Å². The van der Waals surface area contributed by atoms with Crippen LogP contribution >= 0.6 is 12.2 Å². The SMILES string of the molecule is C[C@@H]1CCCC[C@H]1NC(=S)NNC(=O)c1ccc2c(=O)n3c(nc2c1)CCCCC3. The lowest BCUT2D eigenvalue weighted by atomic mass is 9.86. The number of rotatable bonds is 2. The van der Waals surface area contributed by atoms with Crippen LogP contribution < -0.4 is 21.7 Å². The first-order valence-electron chi connectivity index (χ1n) is 10.9. The van der Waals surface area contributed by atoms with Crippen molar-refractivity contribution in [3.63, 3.8) is 0 Å². The summed E-state index contributed by atoms with van der Waals surface area (Å²) in [6.45, 7) is 2.94. The van der Waals surface area contributed by atoms with E-state index in [9.17, 15) is 9.59 Å². The molecule has 30 heavy (non-hydrogen) atoms. The third kappa shape index (κ3) is 4.48. The predicted molar refractivity (Wildman–Crippen MR) is 121 cm³/mol. The molecule has 0 saturated heterocycles. The van der Waals surface area contributed by atoms with Gasteiger partial charge in [-0.1, -0.05) is 26.2 Å². The molecule has 7 nitrogen and oxygen atoms in total. The first-order chi connectivity index (χ1) is 14.5. The summed E-state index contributed by atoms with van der Waals surface area (Å²) >= 11 is 5.34. The van der Waals surface area contributed by atoms with Crippen LogP contribution in [0.25, 0.3) is 10.9 Å². The van der Waals surface area contributed by atoms with Crippen molar-refractivity contribution in [2.45, 2.75) is 70.9 Å². The van der Waals surface area contributed by atoms with Gasteiger partial charge < -0.3 is 5.32 Å². The molecule has 2 atom stereocenters. The van der Waals surface area contributed by atoms with Crippen LogP contribution in [0.3, 0.4) is 0 Å². The molecule has 2 heterocycles. The lowest BCUT2D eigenvalue weighted by Crippen LogP contribution is -2.51. The van der Waals surface area contributed by atoms with E-state index in [0.29, 0.717) is 40.1 Å². The Hall–Kier alpha value is -2.48. The Labute approximate surface area is 181 Å². The Balaban J connectivity index is 1.44. The zero-order valence-corrected chi connectivity index (χ0v) is 18.2. The van der Waals surface area contributed by atoms with Crippen molar-refractivity contribution in [2.24, 2.45) is 5.92 Å². The van der Waals surface area contributed by atoms with E-state index < -0.39 is 0 Å². The Morgan fingerprint density at radius 1 is 1.13 bits per heavy atom. The maximum Gasteiger partial charge on any atom is 0.269 e. The molecule has 1 amide bonds. The number of amides is 1. The summed E-state index contributed by atoms with van der Waals surface area (Å²) in [6.07, 6.45) is 8.68. The van der Waals surface area contributed by atoms with Crippen LogP contribution in [0.1, 0.15) is 68.1 Å². The van der Waals surface area contributed by atoms with Crippen molar-refractivity contribution in [3.8, 4) is 0 Å². The summed E-state index contributed by atoms with van der Waals surface area (Å²) in [6, 6.07) is 5.37. The number of nitrogens with one attached hydrogen (secondary N) is 3. The van der Waals surface area contributed by atoms with E-state index in [1.54, 1.807) is 22.8 Å². The summed E-state index contributed by atoms with van der Waals surface area (Å²) in [4.78, 5) is 30.1. The van der Waals surface area contributed by atoms with Crippen LogP contribution in [0.2, 0.25) is 0 Å². The maximum absolute atomic E-state index is 12.8. The summed E-state index contributed by atoms with van der Waals surface area (Å²) in [5.74, 6) is 1.07. The summed E-state index contributed by atoms with van der Waals surface area (Å²) < 4.78 is 1.78. The molecule has 0 bridgehead atoms. The van der Waals surface area contributed by atoms with E-state index in [1.807, 2.05) is 0 Å². The number of nitrogens with zero attached hydrogens (tertiary/aromatic N) is 2. The van der Waals surface area contributed by atoms with Crippen LogP contribution in [-0.2, 0) is 13.0 Å². The van der Waals surface area contributed by atoms with E-state index in [2.05, 4.69) is 28.1 Å². The quantitative estimate of drug-likeness (QED) is 0.505. The Morgan fingerprint density at radius 2 is 1.97 bits per heavy atom. The number of hydrazine groups is 1. The van der Waals surface area contributed by atoms with E-state index >= 15 is 0 Å². The second-order valence-electron chi connectivity index (χ2n) is 8.45. The normalized spacial score (nSPS) is 21.4. The summed E-state index contributed by atoms with van der Waals surface area (Å²) in [7, 11) is 0. The first kappa shape index (κ1) is 20.8. The van der Waals surface area contributed by atoms with Gasteiger partial charge in [-0.3, -0.25) is 25.0 Å². The summed E-state index contributed by atoms with van der Waals surface area (Å²) in [5.41, 5.74) is 6.44. The highest BCUT2D eigenvalue weighted by molar-refractivity contribution is 7.80. The van der Waals surface area contributed by atoms with Crippen molar-refractivity contribution < 1.29 is 4.79 Å². The summed E-state index contributed by atoms with van der Waals surface area (Å²) in [5, 5.41) is 4.27. The van der Waals surface area contributed by atoms with Gasteiger partial charge in [0.15, 0.2) is 5.11 Å². The molecular formula is C22H29N5O2S. The Morgan fingerprint density at radius 3 is 2.80 bits per heavy atom. The molecule has 4 rings (SSSR count). The van der Waals surface area contributed by atoms with Gasteiger partial charge in [0, 0.05) is 24.6 Å². The van der Waals surface area contributed by atoms with E-state index in [4.69, 9.17) is 12.2 Å². The number of carbonyl (C=O) groups excluding carboxylic acids is 1. The average Bonchev–Trinajstić information content (AvgIpc) is 2.99. The van der Waals surface area contributed by atoms with Gasteiger partial charge in [-0.15, -0.1) is 0 Å². The molecule has 1 aromatic carbocycles. The van der Waals surface area contributed by atoms with Crippen LogP contribution in [0.5, 0.6) is 0 Å². The number of aromatic nitrogens is 2. The lowest BCUT2D eigenvalue weighted by Gasteiger charge is -2.30. The fraction of sp³-hybridized carbons (Fsp3) is 0.545. The predicted octanol–water partition coefficient (Wildman–Crippen LogP) is 2.81. The average molecular weight is 428 g/mol. The van der Waals surface area contributed by atoms with Gasteiger partial charge in [-0.25, -0.2) is 4.98 Å². The minimum atomic E-state index is -0.311. The van der Waals surface area contributed by atoms with Crippen molar-refractivity contribution in [3.05, 3.63) is 39.9 Å². The molecule has 160 valence electrons. The van der Waals surface area contributed by atoms with Gasteiger partial charge in [0.1, 0.15) is 5.82 Å². The topological polar surface area (TPSA) is 88.0 Å². The van der Waals surface area contributed by atoms with Crippen LogP contribution in [0, 0.1) is 5.92 Å². The van der Waals surface area contributed by atoms with Crippen LogP contribution in [0.15, 0.2) is 23.0 Å². The number of hydrogen-bond donors (Lipinski definition) is 3. The van der Waals surface area contributed by atoms with Gasteiger partial charge in [0.05, 0.1) is 10.9 Å². The van der Waals surface area contributed by atoms with Gasteiger partial charge in [0.25, 0.3) is 11.5 Å². The smallest absolute Gasteiger partial charge is 0.269 e. The lowest BCUT2D eigenvalue weighted by molar-refractivity contribution is 0.0943. The third-order valence-corrected chi connectivity index (χ3v) is 6.52. The molecule has 2 aromatic rings. The largest absolute Gasteiger partial charge is 0.358 e. The monoisotopic (exact) mass is 427 g/mol. The number of benzene rings is 1. The molecule has 0 radical (unpaired) electrons.